The van der Waals surface area contributed by atoms with Gasteiger partial charge in [-0.1, -0.05) is 36.4 Å². The summed E-state index contributed by atoms with van der Waals surface area (Å²) < 4.78 is 10.4. The Labute approximate surface area is 239 Å². The van der Waals surface area contributed by atoms with E-state index in [1.807, 2.05) is 60.7 Å². The third-order valence-corrected chi connectivity index (χ3v) is 9.09. The fraction of sp³-hybridized carbons (Fsp3) is 0.483. The fourth-order valence-corrected chi connectivity index (χ4v) is 7.41. The molecule has 39 heavy (non-hydrogen) atoms. The van der Waals surface area contributed by atoms with E-state index in [1.54, 1.807) is 27.7 Å². The molecule has 4 atom stereocenters. The van der Waals surface area contributed by atoms with Crippen molar-refractivity contribution in [1.29, 1.82) is 0 Å². The molecule has 0 bridgehead atoms. The van der Waals surface area contributed by atoms with E-state index >= 15 is 0 Å². The van der Waals surface area contributed by atoms with Gasteiger partial charge in [-0.05, 0) is 64.8 Å². The van der Waals surface area contributed by atoms with Gasteiger partial charge in [-0.3, -0.25) is 4.79 Å². The number of carbonyl (C=O) groups excluding carboxylic acids is 3. The zero-order valence-electron chi connectivity index (χ0n) is 23.0. The Hall–Kier alpha value is -2.69. The second kappa shape index (κ2) is 13.6. The highest BCUT2D eigenvalue weighted by atomic mass is 32.2. The van der Waals surface area contributed by atoms with Crippen LogP contribution in [0.2, 0.25) is 0 Å². The Kier molecular flexibility index (Phi) is 10.7. The smallest absolute Gasteiger partial charge is 0.407 e. The Morgan fingerprint density at radius 1 is 1.00 bits per heavy atom. The number of benzene rings is 2. The van der Waals surface area contributed by atoms with Crippen LogP contribution in [-0.2, 0) is 19.1 Å². The molecule has 2 aromatic rings. The summed E-state index contributed by atoms with van der Waals surface area (Å²) >= 11 is 3.04. The van der Waals surface area contributed by atoms with Crippen LogP contribution in [-0.4, -0.2) is 57.6 Å². The van der Waals surface area contributed by atoms with Crippen molar-refractivity contribution in [3.05, 3.63) is 60.7 Å². The Bertz CT molecular complexity index is 1070. The molecular formula is C29H38N2O6S2. The number of esters is 1. The molecule has 0 saturated heterocycles. The number of thioether (sulfide) groups is 2. The maximum atomic E-state index is 13.0. The van der Waals surface area contributed by atoms with E-state index in [-0.39, 0.29) is 19.4 Å². The molecule has 3 rings (SSSR count). The SMILES string of the molecule is CCOC(=O)C(NC(C)=O)C1C[C@@](O)(C(Sc2ccccc2)Sc2ccccc2)CC1NC(=O)OC(C)(C)C. The summed E-state index contributed by atoms with van der Waals surface area (Å²) in [4.78, 5) is 39.9. The van der Waals surface area contributed by atoms with Crippen molar-refractivity contribution >= 4 is 41.5 Å². The highest BCUT2D eigenvalue weighted by Gasteiger charge is 2.54. The number of rotatable bonds is 10. The standard InChI is InChI=1S/C29H38N2O6S2/c1-6-36-25(33)24(30-19(2)32)22-17-29(35,18-23(22)31-27(34)37-28(3,4)5)26(38-20-13-9-7-10-14-20)39-21-15-11-8-12-16-21/h7-16,22-24,26,35H,6,17-18H2,1-5H3,(H,30,32)(H,31,34)/t22?,23?,24?,29-/m0/s1. The third kappa shape index (κ3) is 9.19. The number of ether oxygens (including phenoxy) is 2. The van der Waals surface area contributed by atoms with Gasteiger partial charge in [0.1, 0.15) is 11.6 Å². The lowest BCUT2D eigenvalue weighted by Crippen LogP contribution is -2.52. The monoisotopic (exact) mass is 574 g/mol. The van der Waals surface area contributed by atoms with Gasteiger partial charge in [-0.15, -0.1) is 23.5 Å². The first-order chi connectivity index (χ1) is 18.4. The van der Waals surface area contributed by atoms with Gasteiger partial charge in [-0.2, -0.15) is 0 Å². The van der Waals surface area contributed by atoms with Gasteiger partial charge >= 0.3 is 12.1 Å². The predicted octanol–water partition coefficient (Wildman–Crippen LogP) is 5.00. The van der Waals surface area contributed by atoms with Crippen LogP contribution in [0.3, 0.4) is 0 Å². The highest BCUT2D eigenvalue weighted by molar-refractivity contribution is 8.17. The van der Waals surface area contributed by atoms with Crippen LogP contribution in [0.5, 0.6) is 0 Å². The number of hydrogen-bond donors (Lipinski definition) is 3. The van der Waals surface area contributed by atoms with Crippen LogP contribution in [0.15, 0.2) is 70.5 Å². The second-order valence-electron chi connectivity index (χ2n) is 10.6. The molecule has 3 unspecified atom stereocenters. The zero-order valence-corrected chi connectivity index (χ0v) is 24.6. The molecule has 1 fully saturated rings. The van der Waals surface area contributed by atoms with Crippen molar-refractivity contribution < 1.29 is 29.0 Å². The molecule has 0 aromatic heterocycles. The summed E-state index contributed by atoms with van der Waals surface area (Å²) in [5.74, 6) is -1.66. The first-order valence-corrected chi connectivity index (χ1v) is 14.7. The van der Waals surface area contributed by atoms with E-state index in [1.165, 1.54) is 30.4 Å². The Morgan fingerprint density at radius 3 is 2.00 bits per heavy atom. The van der Waals surface area contributed by atoms with Gasteiger partial charge in [0.25, 0.3) is 0 Å². The van der Waals surface area contributed by atoms with E-state index in [4.69, 9.17) is 9.47 Å². The third-order valence-electron chi connectivity index (χ3n) is 6.12. The summed E-state index contributed by atoms with van der Waals surface area (Å²) in [7, 11) is 0. The molecule has 0 heterocycles. The van der Waals surface area contributed by atoms with E-state index in [2.05, 4.69) is 10.6 Å². The number of aliphatic hydroxyl groups is 1. The number of alkyl carbamates (subject to hydrolysis) is 1. The molecule has 0 aliphatic heterocycles. The van der Waals surface area contributed by atoms with Gasteiger partial charge in [0, 0.05) is 28.7 Å². The van der Waals surface area contributed by atoms with E-state index < -0.39 is 51.8 Å². The molecule has 2 amide bonds. The van der Waals surface area contributed by atoms with Crippen molar-refractivity contribution in [3.63, 3.8) is 0 Å². The molecule has 212 valence electrons. The second-order valence-corrected chi connectivity index (χ2v) is 13.2. The normalized spacial score (nSPS) is 21.7. The van der Waals surface area contributed by atoms with Crippen molar-refractivity contribution in [3.8, 4) is 0 Å². The van der Waals surface area contributed by atoms with Crippen LogP contribution < -0.4 is 10.6 Å². The molecule has 3 N–H and O–H groups in total. The molecule has 2 aromatic carbocycles. The molecule has 1 saturated carbocycles. The fourth-order valence-electron chi connectivity index (χ4n) is 4.61. The van der Waals surface area contributed by atoms with Crippen LogP contribution in [0.1, 0.15) is 47.5 Å². The minimum atomic E-state index is -1.32. The van der Waals surface area contributed by atoms with E-state index in [9.17, 15) is 19.5 Å². The summed E-state index contributed by atoms with van der Waals surface area (Å²) in [6.07, 6.45) is -0.367. The van der Waals surface area contributed by atoms with Crippen LogP contribution in [0.4, 0.5) is 4.79 Å². The average Bonchev–Trinajstić information content (AvgIpc) is 3.19. The summed E-state index contributed by atoms with van der Waals surface area (Å²) in [6, 6.07) is 17.8. The molecule has 10 heteroatoms. The van der Waals surface area contributed by atoms with Crippen LogP contribution in [0, 0.1) is 5.92 Å². The molecule has 0 radical (unpaired) electrons. The van der Waals surface area contributed by atoms with Gasteiger partial charge in [0.05, 0.1) is 16.8 Å². The molecule has 1 aliphatic carbocycles. The van der Waals surface area contributed by atoms with Crippen molar-refractivity contribution in [2.45, 2.75) is 85.1 Å². The van der Waals surface area contributed by atoms with Gasteiger partial charge in [-0.25, -0.2) is 9.59 Å². The first-order valence-electron chi connectivity index (χ1n) is 13.0. The maximum absolute atomic E-state index is 13.0. The van der Waals surface area contributed by atoms with Crippen molar-refractivity contribution in [2.24, 2.45) is 5.92 Å². The molecule has 1 aliphatic rings. The largest absolute Gasteiger partial charge is 0.464 e. The predicted molar refractivity (Wildman–Crippen MR) is 153 cm³/mol. The Morgan fingerprint density at radius 2 is 1.54 bits per heavy atom. The molecule has 0 spiro atoms. The lowest BCUT2D eigenvalue weighted by atomic mass is 9.93. The highest BCUT2D eigenvalue weighted by Crippen LogP contribution is 2.50. The van der Waals surface area contributed by atoms with Crippen molar-refractivity contribution in [2.75, 3.05) is 6.61 Å². The number of nitrogens with one attached hydrogen (secondary N) is 2. The lowest BCUT2D eigenvalue weighted by Gasteiger charge is -2.32. The van der Waals surface area contributed by atoms with Gasteiger partial charge in [0.2, 0.25) is 5.91 Å². The average molecular weight is 575 g/mol. The minimum absolute atomic E-state index is 0.131. The van der Waals surface area contributed by atoms with Crippen LogP contribution >= 0.6 is 23.5 Å². The number of hydrogen-bond acceptors (Lipinski definition) is 8. The van der Waals surface area contributed by atoms with Gasteiger partial charge in [0.15, 0.2) is 0 Å². The Balaban J connectivity index is 1.99. The first kappa shape index (κ1) is 30.8. The van der Waals surface area contributed by atoms with E-state index in [0.717, 1.165) is 9.79 Å². The molecule has 8 nitrogen and oxygen atoms in total. The number of carbonyl (C=O) groups is 3. The maximum Gasteiger partial charge on any atom is 0.407 e. The lowest BCUT2D eigenvalue weighted by molar-refractivity contribution is -0.149. The summed E-state index contributed by atoms with van der Waals surface area (Å²) in [5.41, 5.74) is -2.06. The minimum Gasteiger partial charge on any atom is -0.464 e. The van der Waals surface area contributed by atoms with Crippen LogP contribution in [0.25, 0.3) is 0 Å². The summed E-state index contributed by atoms with van der Waals surface area (Å²) in [5, 5.41) is 17.8. The quantitative estimate of drug-likeness (QED) is 0.206. The summed E-state index contributed by atoms with van der Waals surface area (Å²) in [6.45, 7) is 8.42. The van der Waals surface area contributed by atoms with E-state index in [0.29, 0.717) is 0 Å². The zero-order chi connectivity index (χ0) is 28.6. The van der Waals surface area contributed by atoms with Crippen molar-refractivity contribution in [1.82, 2.24) is 10.6 Å². The topological polar surface area (TPSA) is 114 Å². The number of amides is 2. The molecular weight excluding hydrogens is 536 g/mol. The van der Waals surface area contributed by atoms with Gasteiger partial charge < -0.3 is 25.2 Å².